The van der Waals surface area contributed by atoms with Crippen LogP contribution in [0.5, 0.6) is 0 Å². The van der Waals surface area contributed by atoms with E-state index in [1.165, 1.54) is 24.3 Å². The topological polar surface area (TPSA) is 104 Å². The largest absolute Gasteiger partial charge is 0.490 e. The van der Waals surface area contributed by atoms with E-state index in [1.54, 1.807) is 0 Å². The van der Waals surface area contributed by atoms with E-state index in [4.69, 9.17) is 9.90 Å². The lowest BCUT2D eigenvalue weighted by atomic mass is 10.1. The molecule has 0 fully saturated rings. The van der Waals surface area contributed by atoms with Gasteiger partial charge < -0.3 is 15.3 Å². The Morgan fingerprint density at radius 2 is 1.57 bits per heavy atom. The molecule has 0 aromatic heterocycles. The fourth-order valence-electron chi connectivity index (χ4n) is 2.94. The van der Waals surface area contributed by atoms with E-state index in [-0.39, 0.29) is 23.8 Å². The van der Waals surface area contributed by atoms with Crippen LogP contribution >= 0.6 is 0 Å². The number of nitrogens with zero attached hydrogens (tertiary/aromatic N) is 1. The molecule has 12 heteroatoms. The Hall–Kier alpha value is -3.15. The zero-order chi connectivity index (χ0) is 26.8. The maximum Gasteiger partial charge on any atom is 0.490 e. The standard InChI is InChI=1S/C21H27FN2O3S.C2HF3O2/c1-4-24(5-2)19-10-11-20(16(3)14-19)23-21(25)12-13-28(26,27)15-17-6-8-18(22)9-7-17;3-2(4,5)1(6)7/h6-11,14H,4-5,12-13,15H2,1-3H3,(H,23,25);(H,6,7). The Morgan fingerprint density at radius 1 is 1.03 bits per heavy atom. The molecule has 2 N–H and O–H groups in total. The number of amides is 1. The summed E-state index contributed by atoms with van der Waals surface area (Å²) in [5, 5.41) is 9.91. The van der Waals surface area contributed by atoms with Gasteiger partial charge in [-0.1, -0.05) is 12.1 Å². The molecule has 194 valence electrons. The number of nitrogens with one attached hydrogen (secondary N) is 1. The first kappa shape index (κ1) is 29.9. The third-order valence-corrected chi connectivity index (χ3v) is 6.39. The highest BCUT2D eigenvalue weighted by Gasteiger charge is 2.38. The lowest BCUT2D eigenvalue weighted by molar-refractivity contribution is -0.192. The highest BCUT2D eigenvalue weighted by atomic mass is 32.2. The van der Waals surface area contributed by atoms with Crippen LogP contribution in [0.4, 0.5) is 28.9 Å². The van der Waals surface area contributed by atoms with Crippen molar-refractivity contribution in [2.75, 3.05) is 29.1 Å². The molecule has 2 rings (SSSR count). The normalized spacial score (nSPS) is 11.3. The van der Waals surface area contributed by atoms with Crippen molar-refractivity contribution >= 4 is 33.1 Å². The van der Waals surface area contributed by atoms with Gasteiger partial charge in [0.2, 0.25) is 5.91 Å². The van der Waals surface area contributed by atoms with Gasteiger partial charge in [-0.05, 0) is 62.2 Å². The molecule has 0 heterocycles. The summed E-state index contributed by atoms with van der Waals surface area (Å²) in [5.74, 6) is -3.98. The fourth-order valence-corrected chi connectivity index (χ4v) is 4.28. The number of carbonyl (C=O) groups is 2. The smallest absolute Gasteiger partial charge is 0.475 e. The van der Waals surface area contributed by atoms with Gasteiger partial charge in [-0.3, -0.25) is 4.79 Å². The van der Waals surface area contributed by atoms with Crippen LogP contribution in [0.15, 0.2) is 42.5 Å². The second kappa shape index (κ2) is 13.1. The predicted molar refractivity (Wildman–Crippen MR) is 126 cm³/mol. The molecule has 0 radical (unpaired) electrons. The molecule has 0 spiro atoms. The summed E-state index contributed by atoms with van der Waals surface area (Å²) in [7, 11) is -3.46. The van der Waals surface area contributed by atoms with E-state index < -0.39 is 27.8 Å². The number of hydrogen-bond donors (Lipinski definition) is 2. The summed E-state index contributed by atoms with van der Waals surface area (Å²) in [6.07, 6.45) is -5.21. The molecule has 0 bridgehead atoms. The second-order valence-corrected chi connectivity index (χ2v) is 9.68. The summed E-state index contributed by atoms with van der Waals surface area (Å²) in [4.78, 5) is 23.3. The van der Waals surface area contributed by atoms with Crippen molar-refractivity contribution in [2.45, 2.75) is 39.1 Å². The van der Waals surface area contributed by atoms with E-state index in [9.17, 15) is 30.8 Å². The lowest BCUT2D eigenvalue weighted by Gasteiger charge is -2.22. The molecule has 2 aromatic rings. The summed E-state index contributed by atoms with van der Waals surface area (Å²) in [5.41, 5.74) is 3.19. The molecule has 2 aromatic carbocycles. The maximum atomic E-state index is 12.9. The lowest BCUT2D eigenvalue weighted by Crippen LogP contribution is -2.22. The van der Waals surface area contributed by atoms with Gasteiger partial charge in [0.15, 0.2) is 9.84 Å². The van der Waals surface area contributed by atoms with Crippen LogP contribution in [0.3, 0.4) is 0 Å². The zero-order valence-electron chi connectivity index (χ0n) is 19.5. The molecule has 0 aliphatic carbocycles. The van der Waals surface area contributed by atoms with Gasteiger partial charge in [0.25, 0.3) is 0 Å². The average Bonchev–Trinajstić information content (AvgIpc) is 2.76. The Labute approximate surface area is 201 Å². The van der Waals surface area contributed by atoms with Gasteiger partial charge >= 0.3 is 12.1 Å². The van der Waals surface area contributed by atoms with Crippen molar-refractivity contribution in [3.05, 3.63) is 59.4 Å². The Morgan fingerprint density at radius 3 is 2.03 bits per heavy atom. The summed E-state index contributed by atoms with van der Waals surface area (Å²) >= 11 is 0. The van der Waals surface area contributed by atoms with Crippen LogP contribution in [0, 0.1) is 12.7 Å². The average molecular weight is 521 g/mol. The molecule has 0 aliphatic heterocycles. The molecule has 0 saturated carbocycles. The number of anilines is 2. The number of carboxylic acid groups (broad SMARTS) is 1. The van der Waals surface area contributed by atoms with Crippen molar-refractivity contribution in [1.29, 1.82) is 0 Å². The van der Waals surface area contributed by atoms with Crippen molar-refractivity contribution < 1.29 is 40.7 Å². The van der Waals surface area contributed by atoms with Crippen molar-refractivity contribution in [3.63, 3.8) is 0 Å². The predicted octanol–water partition coefficient (Wildman–Crippen LogP) is 4.56. The first-order chi connectivity index (χ1) is 16.2. The third kappa shape index (κ3) is 10.8. The van der Waals surface area contributed by atoms with E-state index >= 15 is 0 Å². The summed E-state index contributed by atoms with van der Waals surface area (Å²) < 4.78 is 69.1. The van der Waals surface area contributed by atoms with Crippen LogP contribution in [0.2, 0.25) is 0 Å². The second-order valence-electron chi connectivity index (χ2n) is 7.49. The molecule has 0 saturated heterocycles. The van der Waals surface area contributed by atoms with Gasteiger partial charge in [0.1, 0.15) is 5.82 Å². The number of hydrogen-bond acceptors (Lipinski definition) is 5. The molecule has 35 heavy (non-hydrogen) atoms. The van der Waals surface area contributed by atoms with Crippen LogP contribution < -0.4 is 10.2 Å². The summed E-state index contributed by atoms with van der Waals surface area (Å²) in [6, 6.07) is 11.1. The number of sulfone groups is 1. The number of aliphatic carboxylic acids is 1. The van der Waals surface area contributed by atoms with Crippen LogP contribution in [0.25, 0.3) is 0 Å². The van der Waals surface area contributed by atoms with Gasteiger partial charge in [-0.2, -0.15) is 13.2 Å². The van der Waals surface area contributed by atoms with E-state index in [1.807, 2.05) is 25.1 Å². The van der Waals surface area contributed by atoms with Crippen molar-refractivity contribution in [2.24, 2.45) is 0 Å². The van der Waals surface area contributed by atoms with Crippen molar-refractivity contribution in [3.8, 4) is 0 Å². The number of alkyl halides is 3. The molecule has 0 atom stereocenters. The van der Waals surface area contributed by atoms with Crippen LogP contribution in [0.1, 0.15) is 31.4 Å². The van der Waals surface area contributed by atoms with E-state index in [0.717, 1.165) is 24.3 Å². The Bertz CT molecular complexity index is 1100. The molecule has 7 nitrogen and oxygen atoms in total. The molecular formula is C23H28F4N2O5S. The van der Waals surface area contributed by atoms with Crippen LogP contribution in [-0.4, -0.2) is 50.4 Å². The highest BCUT2D eigenvalue weighted by Crippen LogP contribution is 2.23. The molecular weight excluding hydrogens is 492 g/mol. The SMILES string of the molecule is CCN(CC)c1ccc(NC(=O)CCS(=O)(=O)Cc2ccc(F)cc2)c(C)c1.O=C(O)C(F)(F)F. The third-order valence-electron chi connectivity index (χ3n) is 4.80. The van der Waals surface area contributed by atoms with Gasteiger partial charge in [0, 0.05) is 30.9 Å². The first-order valence-electron chi connectivity index (χ1n) is 10.6. The quantitative estimate of drug-likeness (QED) is 0.470. The Balaban J connectivity index is 0.000000762. The van der Waals surface area contributed by atoms with Gasteiger partial charge in [-0.15, -0.1) is 0 Å². The van der Waals surface area contributed by atoms with Gasteiger partial charge in [0.05, 0.1) is 11.5 Å². The highest BCUT2D eigenvalue weighted by molar-refractivity contribution is 7.90. The minimum absolute atomic E-state index is 0.124. The summed E-state index contributed by atoms with van der Waals surface area (Å²) in [6.45, 7) is 7.87. The number of benzene rings is 2. The molecule has 0 unspecified atom stereocenters. The maximum absolute atomic E-state index is 12.9. The Kier molecular flexibility index (Phi) is 11.2. The zero-order valence-corrected chi connectivity index (χ0v) is 20.3. The molecule has 0 aliphatic rings. The number of rotatable bonds is 9. The van der Waals surface area contributed by atoms with Crippen molar-refractivity contribution in [1.82, 2.24) is 0 Å². The minimum atomic E-state index is -5.08. The van der Waals surface area contributed by atoms with Crippen LogP contribution in [-0.2, 0) is 25.2 Å². The number of carboxylic acids is 1. The van der Waals surface area contributed by atoms with E-state index in [2.05, 4.69) is 24.1 Å². The fraction of sp³-hybridized carbons (Fsp3) is 0.391. The molecule has 1 amide bonds. The number of aryl methyl sites for hydroxylation is 1. The van der Waals surface area contributed by atoms with E-state index in [0.29, 0.717) is 11.3 Å². The monoisotopic (exact) mass is 520 g/mol. The minimum Gasteiger partial charge on any atom is -0.475 e. The number of halogens is 4. The number of carbonyl (C=O) groups excluding carboxylic acids is 1. The first-order valence-corrected chi connectivity index (χ1v) is 12.4. The van der Waals surface area contributed by atoms with Gasteiger partial charge in [-0.25, -0.2) is 17.6 Å².